The van der Waals surface area contributed by atoms with Gasteiger partial charge < -0.3 is 30.3 Å². The van der Waals surface area contributed by atoms with Crippen LogP contribution in [0.1, 0.15) is 66.5 Å². The summed E-state index contributed by atoms with van der Waals surface area (Å²) in [6, 6.07) is 18.0. The van der Waals surface area contributed by atoms with Gasteiger partial charge in [0.25, 0.3) is 0 Å². The highest BCUT2D eigenvalue weighted by Gasteiger charge is 2.30. The van der Waals surface area contributed by atoms with Gasteiger partial charge in [-0.3, -0.25) is 4.90 Å². The molecular formula is C34H53N3O6. The molecule has 0 saturated heterocycles. The molecule has 2 aromatic carbocycles. The Balaban J connectivity index is 2.24. The molecule has 0 bridgehead atoms. The molecule has 2 amide bonds. The van der Waals surface area contributed by atoms with Crippen molar-refractivity contribution in [3.8, 4) is 0 Å². The predicted octanol–water partition coefficient (Wildman–Crippen LogP) is 4.94. The van der Waals surface area contributed by atoms with Crippen LogP contribution in [0.3, 0.4) is 0 Å². The first-order chi connectivity index (χ1) is 20.0. The molecule has 4 atom stereocenters. The summed E-state index contributed by atoms with van der Waals surface area (Å²) in [5.74, 6) is 0.233. The average Bonchev–Trinajstić information content (AvgIpc) is 2.86. The highest BCUT2D eigenvalue weighted by molar-refractivity contribution is 5.68. The van der Waals surface area contributed by atoms with Crippen molar-refractivity contribution in [3.63, 3.8) is 0 Å². The lowest BCUT2D eigenvalue weighted by atomic mass is 9.98. The maximum absolute atomic E-state index is 12.7. The Morgan fingerprint density at radius 2 is 1.02 bits per heavy atom. The number of nitrogens with one attached hydrogen (secondary N) is 2. The Morgan fingerprint density at radius 1 is 0.674 bits per heavy atom. The maximum Gasteiger partial charge on any atom is 0.407 e. The monoisotopic (exact) mass is 599 g/mol. The molecule has 0 fully saturated rings. The third-order valence-corrected chi connectivity index (χ3v) is 6.44. The van der Waals surface area contributed by atoms with Crippen LogP contribution >= 0.6 is 0 Å². The number of aliphatic hydroxyl groups is 2. The number of hydrogen-bond donors (Lipinski definition) is 4. The van der Waals surface area contributed by atoms with Gasteiger partial charge in [0.1, 0.15) is 11.2 Å². The van der Waals surface area contributed by atoms with Gasteiger partial charge in [0.2, 0.25) is 0 Å². The Kier molecular flexibility index (Phi) is 14.0. The van der Waals surface area contributed by atoms with Gasteiger partial charge in [-0.25, -0.2) is 9.59 Å². The first-order valence-electron chi connectivity index (χ1n) is 15.2. The topological polar surface area (TPSA) is 120 Å². The van der Waals surface area contributed by atoms with Crippen molar-refractivity contribution in [1.82, 2.24) is 15.5 Å². The third kappa shape index (κ3) is 15.2. The van der Waals surface area contributed by atoms with E-state index in [4.69, 9.17) is 9.47 Å². The molecule has 43 heavy (non-hydrogen) atoms. The van der Waals surface area contributed by atoms with Gasteiger partial charge in [0.05, 0.1) is 24.3 Å². The minimum atomic E-state index is -0.968. The van der Waals surface area contributed by atoms with Crippen molar-refractivity contribution < 1.29 is 29.3 Å². The lowest BCUT2D eigenvalue weighted by Crippen LogP contribution is -2.54. The van der Waals surface area contributed by atoms with Crippen LogP contribution in [0.5, 0.6) is 0 Å². The van der Waals surface area contributed by atoms with Gasteiger partial charge in [0.15, 0.2) is 0 Å². The molecule has 0 heterocycles. The largest absolute Gasteiger partial charge is 0.444 e. The second-order valence-corrected chi connectivity index (χ2v) is 13.6. The molecule has 9 heteroatoms. The number of carbonyl (C=O) groups is 2. The Labute approximate surface area is 258 Å². The molecule has 2 aromatic rings. The van der Waals surface area contributed by atoms with Crippen molar-refractivity contribution in [2.75, 3.05) is 19.6 Å². The summed E-state index contributed by atoms with van der Waals surface area (Å²) >= 11 is 0. The number of hydrogen-bond acceptors (Lipinski definition) is 7. The zero-order valence-corrected chi connectivity index (χ0v) is 27.2. The summed E-state index contributed by atoms with van der Waals surface area (Å²) in [6.45, 7) is 15.8. The van der Waals surface area contributed by atoms with Crippen LogP contribution in [-0.2, 0) is 22.3 Å². The van der Waals surface area contributed by atoms with E-state index in [0.717, 1.165) is 11.1 Å². The Morgan fingerprint density at radius 3 is 1.33 bits per heavy atom. The fourth-order valence-corrected chi connectivity index (χ4v) is 4.74. The van der Waals surface area contributed by atoms with Crippen LogP contribution in [0.2, 0.25) is 0 Å². The predicted molar refractivity (Wildman–Crippen MR) is 170 cm³/mol. The lowest BCUT2D eigenvalue weighted by molar-refractivity contribution is 0.0183. The van der Waals surface area contributed by atoms with Crippen molar-refractivity contribution in [1.29, 1.82) is 0 Å². The van der Waals surface area contributed by atoms with Gasteiger partial charge >= 0.3 is 12.2 Å². The molecule has 0 saturated carbocycles. The second kappa shape index (κ2) is 16.6. The zero-order chi connectivity index (χ0) is 32.2. The van der Waals surface area contributed by atoms with E-state index in [1.54, 1.807) is 41.5 Å². The normalized spacial score (nSPS) is 15.0. The van der Waals surface area contributed by atoms with Crippen LogP contribution < -0.4 is 10.6 Å². The summed E-state index contributed by atoms with van der Waals surface area (Å²) < 4.78 is 11.0. The number of nitrogens with zero attached hydrogens (tertiary/aromatic N) is 1. The maximum atomic E-state index is 12.7. The number of ether oxygens (including phenoxy) is 2. The molecule has 0 aliphatic rings. The Bertz CT molecular complexity index is 1020. The van der Waals surface area contributed by atoms with E-state index in [1.165, 1.54) is 0 Å². The van der Waals surface area contributed by atoms with E-state index in [2.05, 4.69) is 24.5 Å². The summed E-state index contributed by atoms with van der Waals surface area (Å²) in [6.07, 6.45) is -2.35. The van der Waals surface area contributed by atoms with Crippen LogP contribution in [0.25, 0.3) is 0 Å². The van der Waals surface area contributed by atoms with Crippen LogP contribution in [0.4, 0.5) is 9.59 Å². The minimum absolute atomic E-state index is 0.188. The SMILES string of the molecule is CC(C)CN(C[C@@H](O)[C@H](Cc1ccccc1)NC(=O)OC(C)(C)C)C[C@@H](O)[C@H](Cc1ccccc1)NC(=O)OC(C)(C)C. The molecule has 2 rings (SSSR count). The minimum Gasteiger partial charge on any atom is -0.444 e. The van der Waals surface area contributed by atoms with Crippen LogP contribution in [0.15, 0.2) is 60.7 Å². The van der Waals surface area contributed by atoms with Crippen molar-refractivity contribution in [2.45, 2.75) is 104 Å². The van der Waals surface area contributed by atoms with Crippen molar-refractivity contribution in [3.05, 3.63) is 71.8 Å². The van der Waals surface area contributed by atoms with Crippen molar-refractivity contribution >= 4 is 12.2 Å². The molecule has 4 N–H and O–H groups in total. The summed E-state index contributed by atoms with van der Waals surface area (Å²) in [5, 5.41) is 28.7. The first-order valence-corrected chi connectivity index (χ1v) is 15.2. The van der Waals surface area contributed by atoms with Crippen molar-refractivity contribution in [2.24, 2.45) is 5.92 Å². The first kappa shape index (κ1) is 36.1. The highest BCUT2D eigenvalue weighted by atomic mass is 16.6. The van der Waals surface area contributed by atoms with Crippen LogP contribution in [0, 0.1) is 5.92 Å². The highest BCUT2D eigenvalue weighted by Crippen LogP contribution is 2.15. The summed E-state index contributed by atoms with van der Waals surface area (Å²) in [5.41, 5.74) is 0.550. The van der Waals surface area contributed by atoms with E-state index in [9.17, 15) is 19.8 Å². The molecule has 240 valence electrons. The fraction of sp³-hybridized carbons (Fsp3) is 0.588. The average molecular weight is 600 g/mol. The van der Waals surface area contributed by atoms with Gasteiger partial charge in [-0.05, 0) is 71.4 Å². The number of benzene rings is 2. The number of alkyl carbamates (subject to hydrolysis) is 2. The summed E-state index contributed by atoms with van der Waals surface area (Å²) in [7, 11) is 0. The zero-order valence-electron chi connectivity index (χ0n) is 27.2. The standard InChI is InChI=1S/C34H53N3O6/c1-24(2)21-37(22-29(38)27(19-25-15-11-9-12-16-25)35-31(40)42-33(3,4)5)23-30(39)28(20-26-17-13-10-14-18-26)36-32(41)43-34(6,7)8/h9-18,24,27-30,38-39H,19-23H2,1-8H3,(H,35,40)(H,36,41)/t27-,28-,29+,30+/m0/s1. The number of aliphatic hydroxyl groups excluding tert-OH is 2. The molecule has 0 aromatic heterocycles. The van der Waals surface area contributed by atoms with Gasteiger partial charge in [-0.1, -0.05) is 74.5 Å². The smallest absolute Gasteiger partial charge is 0.407 e. The molecule has 0 unspecified atom stereocenters. The quantitative estimate of drug-likeness (QED) is 0.243. The lowest BCUT2D eigenvalue weighted by Gasteiger charge is -2.34. The molecule has 0 aliphatic heterocycles. The van der Waals surface area contributed by atoms with Gasteiger partial charge in [-0.2, -0.15) is 0 Å². The number of amides is 2. The van der Waals surface area contributed by atoms with E-state index in [0.29, 0.717) is 19.4 Å². The summed E-state index contributed by atoms with van der Waals surface area (Å²) in [4.78, 5) is 27.4. The van der Waals surface area contributed by atoms with Crippen LogP contribution in [-0.4, -0.2) is 82.4 Å². The van der Waals surface area contributed by atoms with E-state index < -0.39 is 47.7 Å². The second-order valence-electron chi connectivity index (χ2n) is 13.6. The molecule has 0 aliphatic carbocycles. The van der Waals surface area contributed by atoms with E-state index >= 15 is 0 Å². The molecule has 0 radical (unpaired) electrons. The Hall–Kier alpha value is -3.14. The number of rotatable bonds is 14. The molecular weight excluding hydrogens is 546 g/mol. The fourth-order valence-electron chi connectivity index (χ4n) is 4.74. The van der Waals surface area contributed by atoms with Gasteiger partial charge in [-0.15, -0.1) is 0 Å². The van der Waals surface area contributed by atoms with E-state index in [1.807, 2.05) is 65.6 Å². The molecule has 0 spiro atoms. The number of carbonyl (C=O) groups excluding carboxylic acids is 2. The molecule has 9 nitrogen and oxygen atoms in total. The van der Waals surface area contributed by atoms with E-state index in [-0.39, 0.29) is 19.0 Å². The third-order valence-electron chi connectivity index (χ3n) is 6.44. The van der Waals surface area contributed by atoms with Gasteiger partial charge in [0, 0.05) is 19.6 Å².